The highest BCUT2D eigenvalue weighted by molar-refractivity contribution is 5.95. The third-order valence-corrected chi connectivity index (χ3v) is 7.51. The fourth-order valence-electron chi connectivity index (χ4n) is 5.10. The maximum absolute atomic E-state index is 14.0. The van der Waals surface area contributed by atoms with E-state index in [1.807, 2.05) is 0 Å². The minimum absolute atomic E-state index is 0.0638. The van der Waals surface area contributed by atoms with Gasteiger partial charge in [0.15, 0.2) is 0 Å². The summed E-state index contributed by atoms with van der Waals surface area (Å²) in [5, 5.41) is 15.7. The van der Waals surface area contributed by atoms with Crippen LogP contribution in [0.5, 0.6) is 0 Å². The summed E-state index contributed by atoms with van der Waals surface area (Å²) in [6.45, 7) is 3.52. The van der Waals surface area contributed by atoms with E-state index >= 15 is 0 Å². The van der Waals surface area contributed by atoms with E-state index in [9.17, 15) is 37.1 Å². The molecule has 4 N–H and O–H groups in total. The van der Waals surface area contributed by atoms with Gasteiger partial charge in [-0.2, -0.15) is 13.2 Å². The number of halogens is 4. The molecule has 39 heavy (non-hydrogen) atoms. The topological polar surface area (TPSA) is 111 Å². The van der Waals surface area contributed by atoms with E-state index in [2.05, 4.69) is 15.6 Å². The first-order chi connectivity index (χ1) is 18.4. The third-order valence-electron chi connectivity index (χ3n) is 7.51. The van der Waals surface area contributed by atoms with Crippen molar-refractivity contribution < 1.29 is 37.1 Å². The molecule has 208 valence electrons. The summed E-state index contributed by atoms with van der Waals surface area (Å²) in [6.07, 6.45) is -4.63. The van der Waals surface area contributed by atoms with E-state index < -0.39 is 46.9 Å². The lowest BCUT2D eigenvalue weighted by Crippen LogP contribution is -2.62. The minimum atomic E-state index is -4.60. The van der Waals surface area contributed by atoms with Crippen LogP contribution in [-0.4, -0.2) is 39.5 Å². The molecule has 0 radical (unpaired) electrons. The van der Waals surface area contributed by atoms with Crippen LogP contribution in [0.4, 0.5) is 17.6 Å². The number of H-pyrrole nitrogens is 1. The molecule has 0 aliphatic heterocycles. The molecule has 3 aromatic rings. The molecule has 0 saturated carbocycles. The van der Waals surface area contributed by atoms with Gasteiger partial charge >= 0.3 is 12.1 Å². The summed E-state index contributed by atoms with van der Waals surface area (Å²) in [5.41, 5.74) is -1.74. The second-order valence-corrected chi connectivity index (χ2v) is 10.1. The number of carboxylic acid groups (broad SMARTS) is 1. The van der Waals surface area contributed by atoms with Gasteiger partial charge in [0.25, 0.3) is 0 Å². The predicted octanol–water partition coefficient (Wildman–Crippen LogP) is 4.53. The van der Waals surface area contributed by atoms with Crippen LogP contribution in [0.15, 0.2) is 42.5 Å². The van der Waals surface area contributed by atoms with E-state index in [0.717, 1.165) is 6.07 Å². The van der Waals surface area contributed by atoms with Gasteiger partial charge < -0.3 is 20.7 Å². The Kier molecular flexibility index (Phi) is 7.72. The largest absolute Gasteiger partial charge is 0.479 e. The van der Waals surface area contributed by atoms with E-state index in [4.69, 9.17) is 0 Å². The van der Waals surface area contributed by atoms with Crippen LogP contribution in [0.2, 0.25) is 0 Å². The SMILES string of the molecule is CC[C@H](C)[C@H](NC(=O)Cc1ccccc1F)C(=O)NC1(C(=O)O)CCc2[nH]c3c(C(F)(F)F)cccc3c2C1. The van der Waals surface area contributed by atoms with Gasteiger partial charge in [0.2, 0.25) is 11.8 Å². The number of carboxylic acids is 1. The first-order valence-corrected chi connectivity index (χ1v) is 12.6. The maximum Gasteiger partial charge on any atom is 0.418 e. The molecule has 0 saturated heterocycles. The molecule has 0 bridgehead atoms. The molecule has 3 atom stereocenters. The zero-order chi connectivity index (χ0) is 28.5. The zero-order valence-electron chi connectivity index (χ0n) is 21.4. The number of alkyl halides is 3. The number of aromatic nitrogens is 1. The number of hydrogen-bond acceptors (Lipinski definition) is 3. The van der Waals surface area contributed by atoms with Gasteiger partial charge in [0.05, 0.1) is 17.5 Å². The monoisotopic (exact) mass is 547 g/mol. The van der Waals surface area contributed by atoms with Gasteiger partial charge in [-0.25, -0.2) is 9.18 Å². The highest BCUT2D eigenvalue weighted by Crippen LogP contribution is 2.40. The maximum atomic E-state index is 14.0. The highest BCUT2D eigenvalue weighted by Gasteiger charge is 2.46. The highest BCUT2D eigenvalue weighted by atomic mass is 19.4. The molecule has 7 nitrogen and oxygen atoms in total. The first kappa shape index (κ1) is 28.1. The van der Waals surface area contributed by atoms with Crippen LogP contribution in [0.3, 0.4) is 0 Å². The van der Waals surface area contributed by atoms with Crippen molar-refractivity contribution in [3.05, 3.63) is 70.7 Å². The normalized spacial score (nSPS) is 18.7. The number of aliphatic carboxylic acids is 1. The number of para-hydroxylation sites is 1. The summed E-state index contributed by atoms with van der Waals surface area (Å²) in [5.74, 6) is -3.61. The van der Waals surface area contributed by atoms with Crippen molar-refractivity contribution in [2.24, 2.45) is 5.92 Å². The fourth-order valence-corrected chi connectivity index (χ4v) is 5.10. The van der Waals surface area contributed by atoms with Crippen LogP contribution >= 0.6 is 0 Å². The summed E-state index contributed by atoms with van der Waals surface area (Å²) in [6, 6.07) is 8.36. The molecule has 2 aromatic carbocycles. The second kappa shape index (κ2) is 10.7. The summed E-state index contributed by atoms with van der Waals surface area (Å²) < 4.78 is 54.7. The van der Waals surface area contributed by atoms with Gasteiger partial charge in [-0.15, -0.1) is 0 Å². The smallest absolute Gasteiger partial charge is 0.418 e. The van der Waals surface area contributed by atoms with Crippen molar-refractivity contribution in [1.82, 2.24) is 15.6 Å². The van der Waals surface area contributed by atoms with Crippen molar-refractivity contribution in [2.75, 3.05) is 0 Å². The Morgan fingerprint density at radius 1 is 1.13 bits per heavy atom. The Labute approximate surface area is 222 Å². The summed E-state index contributed by atoms with van der Waals surface area (Å²) in [7, 11) is 0. The Bertz CT molecular complexity index is 1420. The number of fused-ring (bicyclic) bond motifs is 3. The van der Waals surface area contributed by atoms with Gasteiger partial charge in [-0.05, 0) is 42.0 Å². The lowest BCUT2D eigenvalue weighted by Gasteiger charge is -2.36. The van der Waals surface area contributed by atoms with Gasteiger partial charge in [0, 0.05) is 17.5 Å². The zero-order valence-corrected chi connectivity index (χ0v) is 21.4. The molecule has 4 rings (SSSR count). The summed E-state index contributed by atoms with van der Waals surface area (Å²) in [4.78, 5) is 41.5. The van der Waals surface area contributed by atoms with Crippen molar-refractivity contribution in [1.29, 1.82) is 0 Å². The van der Waals surface area contributed by atoms with Crippen molar-refractivity contribution >= 4 is 28.7 Å². The van der Waals surface area contributed by atoms with Crippen molar-refractivity contribution in [2.45, 2.75) is 63.7 Å². The number of hydrogen-bond donors (Lipinski definition) is 4. The number of aryl methyl sites for hydroxylation is 1. The van der Waals surface area contributed by atoms with Crippen LogP contribution in [0.25, 0.3) is 10.9 Å². The van der Waals surface area contributed by atoms with E-state index in [1.54, 1.807) is 19.9 Å². The lowest BCUT2D eigenvalue weighted by atomic mass is 9.79. The van der Waals surface area contributed by atoms with Crippen LogP contribution < -0.4 is 10.6 Å². The molecule has 1 aromatic heterocycles. The van der Waals surface area contributed by atoms with Gasteiger partial charge in [-0.1, -0.05) is 50.6 Å². The molecular formula is C28H29F4N3O4. The number of benzene rings is 2. The Morgan fingerprint density at radius 3 is 2.49 bits per heavy atom. The molecule has 1 unspecified atom stereocenters. The fraction of sp³-hybridized carbons (Fsp3) is 0.393. The lowest BCUT2D eigenvalue weighted by molar-refractivity contribution is -0.149. The average molecular weight is 548 g/mol. The van der Waals surface area contributed by atoms with Crippen LogP contribution in [-0.2, 0) is 39.8 Å². The van der Waals surface area contributed by atoms with E-state index in [1.165, 1.54) is 30.3 Å². The van der Waals surface area contributed by atoms with Gasteiger partial charge in [-0.3, -0.25) is 9.59 Å². The predicted molar refractivity (Wildman–Crippen MR) is 135 cm³/mol. The van der Waals surface area contributed by atoms with Crippen molar-refractivity contribution in [3.8, 4) is 0 Å². The molecule has 0 fully saturated rings. The number of amides is 2. The Morgan fingerprint density at radius 2 is 1.85 bits per heavy atom. The summed E-state index contributed by atoms with van der Waals surface area (Å²) >= 11 is 0. The van der Waals surface area contributed by atoms with E-state index in [-0.39, 0.29) is 48.1 Å². The number of carbonyl (C=O) groups excluding carboxylic acids is 2. The number of carbonyl (C=O) groups is 3. The molecule has 1 aliphatic rings. The number of nitrogens with one attached hydrogen (secondary N) is 3. The first-order valence-electron chi connectivity index (χ1n) is 12.6. The molecule has 11 heteroatoms. The molecule has 1 heterocycles. The van der Waals surface area contributed by atoms with Crippen LogP contribution in [0.1, 0.15) is 49.1 Å². The third kappa shape index (κ3) is 5.62. The second-order valence-electron chi connectivity index (χ2n) is 10.1. The molecule has 0 spiro atoms. The van der Waals surface area contributed by atoms with E-state index in [0.29, 0.717) is 17.7 Å². The number of rotatable bonds is 8. The quantitative estimate of drug-likeness (QED) is 0.311. The van der Waals surface area contributed by atoms with Gasteiger partial charge in [0.1, 0.15) is 17.4 Å². The van der Waals surface area contributed by atoms with Crippen LogP contribution in [0, 0.1) is 11.7 Å². The van der Waals surface area contributed by atoms with Crippen molar-refractivity contribution in [3.63, 3.8) is 0 Å². The average Bonchev–Trinajstić information content (AvgIpc) is 3.25. The Hall–Kier alpha value is -3.89. The minimum Gasteiger partial charge on any atom is -0.479 e. The molecule has 1 aliphatic carbocycles. The molecule has 2 amide bonds. The Balaban J connectivity index is 1.60. The molecular weight excluding hydrogens is 518 g/mol. The standard InChI is InChI=1S/C28H29F4N3O4/c1-3-15(2)23(34-22(36)13-16-7-4-5-10-20(16)29)25(37)35-27(26(38)39)12-11-21-18(14-27)17-8-6-9-19(24(17)33-21)28(30,31)32/h4-10,15,23,33H,3,11-14H2,1-2H3,(H,34,36)(H,35,37)(H,38,39)/t15-,23-,27?/m0/s1. The number of aromatic amines is 1.